The smallest absolute Gasteiger partial charge is 0.0190 e. The zero-order valence-electron chi connectivity index (χ0n) is 8.80. The minimum atomic E-state index is 0.753. The minimum absolute atomic E-state index is 0.753. The first-order valence-electron chi connectivity index (χ1n) is 5.32. The van der Waals surface area contributed by atoms with Crippen molar-refractivity contribution in [2.45, 2.75) is 52.6 Å². The van der Waals surface area contributed by atoms with E-state index >= 15 is 0 Å². The van der Waals surface area contributed by atoms with Crippen molar-refractivity contribution in [3.8, 4) is 0 Å². The Bertz CT molecular complexity index is 179. The number of hydrogen-bond acceptors (Lipinski definition) is 1. The van der Waals surface area contributed by atoms with E-state index in [0.29, 0.717) is 0 Å². The molecule has 1 nitrogen and oxygen atoms in total. The fourth-order valence-corrected chi connectivity index (χ4v) is 3.00. The lowest BCUT2D eigenvalue weighted by Gasteiger charge is -2.54. The molecular weight excluding hydrogens is 146 g/mol. The van der Waals surface area contributed by atoms with Crippen LogP contribution in [0.15, 0.2) is 0 Å². The molecule has 70 valence electrons. The zero-order chi connectivity index (χ0) is 8.93. The lowest BCUT2D eigenvalue weighted by molar-refractivity contribution is -0.0551. The van der Waals surface area contributed by atoms with Gasteiger partial charge in [0, 0.05) is 18.6 Å². The van der Waals surface area contributed by atoms with Crippen LogP contribution >= 0.6 is 0 Å². The number of hydrogen-bond donors (Lipinski definition) is 0. The van der Waals surface area contributed by atoms with Gasteiger partial charge in [-0.2, -0.15) is 0 Å². The molecule has 0 N–H and O–H groups in total. The van der Waals surface area contributed by atoms with Gasteiger partial charge in [-0.05, 0) is 38.0 Å². The van der Waals surface area contributed by atoms with Crippen LogP contribution in [0, 0.1) is 11.3 Å². The van der Waals surface area contributed by atoms with Crippen molar-refractivity contribution in [1.29, 1.82) is 0 Å². The van der Waals surface area contributed by atoms with E-state index in [2.05, 4.69) is 32.6 Å². The van der Waals surface area contributed by atoms with E-state index in [-0.39, 0.29) is 0 Å². The van der Waals surface area contributed by atoms with Crippen LogP contribution in [0.4, 0.5) is 0 Å². The Morgan fingerprint density at radius 1 is 1.17 bits per heavy atom. The molecule has 2 fully saturated rings. The van der Waals surface area contributed by atoms with Crippen LogP contribution in [-0.4, -0.2) is 23.5 Å². The molecule has 1 heterocycles. The third kappa shape index (κ3) is 1.02. The maximum absolute atomic E-state index is 2.68. The summed E-state index contributed by atoms with van der Waals surface area (Å²) in [6, 6.07) is 1.65. The van der Waals surface area contributed by atoms with Crippen molar-refractivity contribution < 1.29 is 0 Å². The van der Waals surface area contributed by atoms with Crippen molar-refractivity contribution in [2.75, 3.05) is 6.54 Å². The molecule has 0 radical (unpaired) electrons. The molecule has 0 bridgehead atoms. The van der Waals surface area contributed by atoms with Gasteiger partial charge in [0.15, 0.2) is 0 Å². The van der Waals surface area contributed by atoms with Crippen LogP contribution in [0.2, 0.25) is 0 Å². The quantitative estimate of drug-likeness (QED) is 0.611. The maximum Gasteiger partial charge on any atom is 0.0190 e. The van der Waals surface area contributed by atoms with Gasteiger partial charge in [0.25, 0.3) is 0 Å². The summed E-state index contributed by atoms with van der Waals surface area (Å²) in [6.45, 7) is 10.8. The predicted molar refractivity (Wildman–Crippen MR) is 52.1 cm³/mol. The summed E-state index contributed by atoms with van der Waals surface area (Å²) < 4.78 is 0. The summed E-state index contributed by atoms with van der Waals surface area (Å²) in [7, 11) is 0. The van der Waals surface area contributed by atoms with Gasteiger partial charge < -0.3 is 0 Å². The van der Waals surface area contributed by atoms with Gasteiger partial charge in [0.1, 0.15) is 0 Å². The normalized spacial score (nSPS) is 33.0. The molecule has 0 amide bonds. The van der Waals surface area contributed by atoms with E-state index < -0.39 is 0 Å². The summed E-state index contributed by atoms with van der Waals surface area (Å²) in [5.74, 6) is 0.851. The molecule has 2 rings (SSSR count). The SMILES string of the molecule is CC(C)C1N(C(C)C)CC12CC2. The number of likely N-dealkylation sites (tertiary alicyclic amines) is 1. The highest BCUT2D eigenvalue weighted by atomic mass is 15.3. The van der Waals surface area contributed by atoms with Gasteiger partial charge in [-0.15, -0.1) is 0 Å². The molecule has 1 atom stereocenters. The molecule has 1 unspecified atom stereocenters. The first-order chi connectivity index (χ1) is 5.57. The van der Waals surface area contributed by atoms with Crippen LogP contribution in [0.1, 0.15) is 40.5 Å². The molecule has 12 heavy (non-hydrogen) atoms. The van der Waals surface area contributed by atoms with Crippen molar-refractivity contribution in [3.63, 3.8) is 0 Å². The Morgan fingerprint density at radius 3 is 2.08 bits per heavy atom. The Balaban J connectivity index is 2.03. The van der Waals surface area contributed by atoms with Crippen LogP contribution in [0.3, 0.4) is 0 Å². The molecule has 1 aliphatic carbocycles. The second-order valence-corrected chi connectivity index (χ2v) is 5.32. The Hall–Kier alpha value is -0.0400. The monoisotopic (exact) mass is 167 g/mol. The molecule has 1 aliphatic heterocycles. The summed E-state index contributed by atoms with van der Waals surface area (Å²) >= 11 is 0. The van der Waals surface area contributed by atoms with Gasteiger partial charge in [0.2, 0.25) is 0 Å². The minimum Gasteiger partial charge on any atom is -0.297 e. The fraction of sp³-hybridized carbons (Fsp3) is 1.00. The highest BCUT2D eigenvalue weighted by Gasteiger charge is 2.61. The average Bonchev–Trinajstić information content (AvgIpc) is 2.59. The first-order valence-corrected chi connectivity index (χ1v) is 5.32. The van der Waals surface area contributed by atoms with E-state index in [0.717, 1.165) is 23.4 Å². The van der Waals surface area contributed by atoms with Crippen molar-refractivity contribution >= 4 is 0 Å². The maximum atomic E-state index is 2.68. The third-order valence-corrected chi connectivity index (χ3v) is 3.67. The van der Waals surface area contributed by atoms with Gasteiger partial charge >= 0.3 is 0 Å². The molecule has 0 aromatic heterocycles. The van der Waals surface area contributed by atoms with E-state index in [1.807, 2.05) is 0 Å². The van der Waals surface area contributed by atoms with Crippen LogP contribution in [-0.2, 0) is 0 Å². The lowest BCUT2D eigenvalue weighted by atomic mass is 9.77. The molecule has 2 aliphatic rings. The predicted octanol–water partition coefficient (Wildman–Crippen LogP) is 2.52. The summed E-state index contributed by atoms with van der Waals surface area (Å²) in [6.07, 6.45) is 3.00. The number of rotatable bonds is 2. The highest BCUT2D eigenvalue weighted by molar-refractivity contribution is 5.14. The highest BCUT2D eigenvalue weighted by Crippen LogP contribution is 2.60. The van der Waals surface area contributed by atoms with Gasteiger partial charge in [-0.25, -0.2) is 0 Å². The van der Waals surface area contributed by atoms with E-state index in [1.54, 1.807) is 0 Å². The molecule has 0 aromatic carbocycles. The number of nitrogens with zero attached hydrogens (tertiary/aromatic N) is 1. The zero-order valence-corrected chi connectivity index (χ0v) is 8.80. The fourth-order valence-electron chi connectivity index (χ4n) is 3.00. The molecule has 1 saturated carbocycles. The lowest BCUT2D eigenvalue weighted by Crippen LogP contribution is -2.62. The largest absolute Gasteiger partial charge is 0.297 e. The summed E-state index contributed by atoms with van der Waals surface area (Å²) in [4.78, 5) is 2.68. The molecule has 0 aromatic rings. The second-order valence-electron chi connectivity index (χ2n) is 5.32. The van der Waals surface area contributed by atoms with E-state index in [4.69, 9.17) is 0 Å². The van der Waals surface area contributed by atoms with Crippen molar-refractivity contribution in [2.24, 2.45) is 11.3 Å². The standard InChI is InChI=1S/C11H21N/c1-8(2)10-11(5-6-11)7-12(10)9(3)4/h8-10H,5-7H2,1-4H3. The topological polar surface area (TPSA) is 3.24 Å². The van der Waals surface area contributed by atoms with Crippen molar-refractivity contribution in [1.82, 2.24) is 4.90 Å². The first kappa shape index (κ1) is 8.55. The Kier molecular flexibility index (Phi) is 1.76. The summed E-state index contributed by atoms with van der Waals surface area (Å²) in [5, 5.41) is 0. The average molecular weight is 167 g/mol. The van der Waals surface area contributed by atoms with E-state index in [1.165, 1.54) is 19.4 Å². The Morgan fingerprint density at radius 2 is 1.75 bits per heavy atom. The Labute approximate surface area is 76.1 Å². The van der Waals surface area contributed by atoms with Crippen LogP contribution < -0.4 is 0 Å². The third-order valence-electron chi connectivity index (χ3n) is 3.67. The van der Waals surface area contributed by atoms with Gasteiger partial charge in [-0.1, -0.05) is 13.8 Å². The summed E-state index contributed by atoms with van der Waals surface area (Å²) in [5.41, 5.74) is 0.790. The van der Waals surface area contributed by atoms with Crippen LogP contribution in [0.25, 0.3) is 0 Å². The van der Waals surface area contributed by atoms with Gasteiger partial charge in [0.05, 0.1) is 0 Å². The second kappa shape index (κ2) is 2.47. The van der Waals surface area contributed by atoms with Crippen LogP contribution in [0.5, 0.6) is 0 Å². The molecule has 1 saturated heterocycles. The van der Waals surface area contributed by atoms with E-state index in [9.17, 15) is 0 Å². The van der Waals surface area contributed by atoms with Crippen molar-refractivity contribution in [3.05, 3.63) is 0 Å². The molecule has 1 heteroatoms. The molecular formula is C11H21N. The van der Waals surface area contributed by atoms with Gasteiger partial charge in [-0.3, -0.25) is 4.90 Å². The molecule has 1 spiro atoms.